The van der Waals surface area contributed by atoms with E-state index in [1.165, 1.54) is 0 Å². The first kappa shape index (κ1) is 19.9. The summed E-state index contributed by atoms with van der Waals surface area (Å²) in [7, 11) is 0. The molecule has 0 N–H and O–H groups in total. The highest BCUT2D eigenvalue weighted by atomic mass is 16.6. The van der Waals surface area contributed by atoms with E-state index in [4.69, 9.17) is 37.9 Å². The average molecular weight is 396 g/mol. The van der Waals surface area contributed by atoms with Crippen LogP contribution in [0.1, 0.15) is 0 Å². The SMILES string of the molecule is C(COCC1CO1)OCC1CO1.c1cc(OCC2CO2)ccc1OCC1CO1. The van der Waals surface area contributed by atoms with Crippen LogP contribution in [0.5, 0.6) is 11.5 Å². The zero-order valence-electron chi connectivity index (χ0n) is 16.0. The number of epoxide rings is 4. The highest BCUT2D eigenvalue weighted by molar-refractivity contribution is 5.31. The van der Waals surface area contributed by atoms with Gasteiger partial charge in [-0.3, -0.25) is 0 Å². The molecule has 0 bridgehead atoms. The van der Waals surface area contributed by atoms with Crippen molar-refractivity contribution in [2.75, 3.05) is 66.1 Å². The van der Waals surface area contributed by atoms with E-state index in [1.54, 1.807) is 0 Å². The van der Waals surface area contributed by atoms with Crippen molar-refractivity contribution in [2.45, 2.75) is 24.4 Å². The van der Waals surface area contributed by atoms with E-state index in [0.717, 1.165) is 37.9 Å². The van der Waals surface area contributed by atoms with Crippen molar-refractivity contribution in [2.24, 2.45) is 0 Å². The van der Waals surface area contributed by atoms with Crippen LogP contribution in [0.3, 0.4) is 0 Å². The molecule has 5 rings (SSSR count). The molecule has 0 radical (unpaired) electrons. The smallest absolute Gasteiger partial charge is 0.119 e. The molecule has 4 fully saturated rings. The molecule has 28 heavy (non-hydrogen) atoms. The van der Waals surface area contributed by atoms with Gasteiger partial charge in [-0.25, -0.2) is 0 Å². The summed E-state index contributed by atoms with van der Waals surface area (Å²) in [6.45, 7) is 7.37. The van der Waals surface area contributed by atoms with E-state index < -0.39 is 0 Å². The van der Waals surface area contributed by atoms with Crippen molar-refractivity contribution in [3.8, 4) is 11.5 Å². The molecule has 0 spiro atoms. The van der Waals surface area contributed by atoms with Gasteiger partial charge in [-0.1, -0.05) is 0 Å². The number of hydrogen-bond acceptors (Lipinski definition) is 8. The van der Waals surface area contributed by atoms with Crippen LogP contribution in [0.4, 0.5) is 0 Å². The third-order valence-corrected chi connectivity index (χ3v) is 4.28. The molecule has 0 amide bonds. The van der Waals surface area contributed by atoms with E-state index in [2.05, 4.69) is 0 Å². The van der Waals surface area contributed by atoms with Crippen molar-refractivity contribution in [3.63, 3.8) is 0 Å². The van der Waals surface area contributed by atoms with E-state index in [9.17, 15) is 0 Å². The van der Waals surface area contributed by atoms with Gasteiger partial charge in [0.2, 0.25) is 0 Å². The third-order valence-electron chi connectivity index (χ3n) is 4.28. The summed E-state index contributed by atoms with van der Waals surface area (Å²) in [5.74, 6) is 1.70. The Kier molecular flexibility index (Phi) is 7.37. The Labute approximate surface area is 164 Å². The second kappa shape index (κ2) is 10.4. The van der Waals surface area contributed by atoms with Gasteiger partial charge in [-0.05, 0) is 24.3 Å². The number of rotatable bonds is 13. The maximum Gasteiger partial charge on any atom is 0.119 e. The molecular weight excluding hydrogens is 368 g/mol. The summed E-state index contributed by atoms with van der Waals surface area (Å²) in [5, 5.41) is 0. The fraction of sp³-hybridized carbons (Fsp3) is 0.700. The van der Waals surface area contributed by atoms with Crippen molar-refractivity contribution in [3.05, 3.63) is 24.3 Å². The minimum absolute atomic E-state index is 0.294. The van der Waals surface area contributed by atoms with Gasteiger partial charge in [-0.2, -0.15) is 0 Å². The number of ether oxygens (including phenoxy) is 8. The van der Waals surface area contributed by atoms with Crippen molar-refractivity contribution >= 4 is 0 Å². The van der Waals surface area contributed by atoms with Crippen molar-refractivity contribution in [1.29, 1.82) is 0 Å². The Hall–Kier alpha value is -1.42. The Bertz CT molecular complexity index is 513. The summed E-state index contributed by atoms with van der Waals surface area (Å²) in [4.78, 5) is 0. The maximum absolute atomic E-state index is 5.52. The Morgan fingerprint density at radius 1 is 0.571 bits per heavy atom. The lowest BCUT2D eigenvalue weighted by molar-refractivity contribution is 0.0366. The Morgan fingerprint density at radius 3 is 1.21 bits per heavy atom. The van der Waals surface area contributed by atoms with Gasteiger partial charge in [-0.15, -0.1) is 0 Å². The first-order chi connectivity index (χ1) is 13.8. The minimum atomic E-state index is 0.294. The lowest BCUT2D eigenvalue weighted by Crippen LogP contribution is -2.10. The third kappa shape index (κ3) is 8.72. The van der Waals surface area contributed by atoms with E-state index >= 15 is 0 Å². The van der Waals surface area contributed by atoms with E-state index in [1.807, 2.05) is 24.3 Å². The normalized spacial score (nSPS) is 28.7. The highest BCUT2D eigenvalue weighted by Crippen LogP contribution is 2.20. The molecule has 8 nitrogen and oxygen atoms in total. The monoisotopic (exact) mass is 396 g/mol. The van der Waals surface area contributed by atoms with Crippen LogP contribution in [-0.2, 0) is 28.4 Å². The molecule has 4 heterocycles. The van der Waals surface area contributed by atoms with Gasteiger partial charge in [0.25, 0.3) is 0 Å². The van der Waals surface area contributed by atoms with E-state index in [-0.39, 0.29) is 0 Å². The second-order valence-corrected chi connectivity index (χ2v) is 7.06. The number of benzene rings is 1. The summed E-state index contributed by atoms with van der Waals surface area (Å²) < 4.78 is 41.7. The van der Waals surface area contributed by atoms with Crippen LogP contribution in [0.15, 0.2) is 24.3 Å². The van der Waals surface area contributed by atoms with Gasteiger partial charge in [0, 0.05) is 0 Å². The average Bonchev–Trinajstić information content (AvgIpc) is 3.59. The predicted molar refractivity (Wildman–Crippen MR) is 98.0 cm³/mol. The molecule has 0 aliphatic carbocycles. The van der Waals surface area contributed by atoms with Crippen LogP contribution >= 0.6 is 0 Å². The summed E-state index contributed by atoms with van der Waals surface area (Å²) in [6.07, 6.45) is 1.31. The molecule has 0 saturated carbocycles. The predicted octanol–water partition coefficient (Wildman–Crippen LogP) is 1.06. The van der Waals surface area contributed by atoms with Crippen LogP contribution in [0, 0.1) is 0 Å². The van der Waals surface area contributed by atoms with Crippen LogP contribution < -0.4 is 9.47 Å². The van der Waals surface area contributed by atoms with Crippen molar-refractivity contribution in [1.82, 2.24) is 0 Å². The Balaban J connectivity index is 0.000000143. The quantitative estimate of drug-likeness (QED) is 0.361. The van der Waals surface area contributed by atoms with Crippen LogP contribution in [0.25, 0.3) is 0 Å². The van der Waals surface area contributed by atoms with Gasteiger partial charge in [0.1, 0.15) is 49.1 Å². The highest BCUT2D eigenvalue weighted by Gasteiger charge is 2.24. The molecule has 4 aliphatic rings. The molecule has 0 aromatic heterocycles. The summed E-state index contributed by atoms with van der Waals surface area (Å²) in [6, 6.07) is 7.63. The molecule has 4 saturated heterocycles. The lowest BCUT2D eigenvalue weighted by Gasteiger charge is -2.06. The second-order valence-electron chi connectivity index (χ2n) is 7.06. The topological polar surface area (TPSA) is 87.0 Å². The first-order valence-corrected chi connectivity index (χ1v) is 9.83. The van der Waals surface area contributed by atoms with Crippen molar-refractivity contribution < 1.29 is 37.9 Å². The summed E-state index contributed by atoms with van der Waals surface area (Å²) >= 11 is 0. The van der Waals surface area contributed by atoms with Gasteiger partial charge in [0.15, 0.2) is 0 Å². The molecule has 8 heteroatoms. The van der Waals surface area contributed by atoms with Gasteiger partial charge >= 0.3 is 0 Å². The minimum Gasteiger partial charge on any atom is -0.491 e. The fourth-order valence-corrected chi connectivity index (χ4v) is 2.21. The molecule has 1 aromatic rings. The molecule has 156 valence electrons. The number of hydrogen-bond donors (Lipinski definition) is 0. The molecule has 4 unspecified atom stereocenters. The van der Waals surface area contributed by atoms with Crippen LogP contribution in [0.2, 0.25) is 0 Å². The first-order valence-electron chi connectivity index (χ1n) is 9.83. The fourth-order valence-electron chi connectivity index (χ4n) is 2.21. The van der Waals surface area contributed by atoms with Crippen LogP contribution in [-0.4, -0.2) is 90.5 Å². The summed E-state index contributed by atoms with van der Waals surface area (Å²) in [5.41, 5.74) is 0. The zero-order valence-corrected chi connectivity index (χ0v) is 16.0. The molecule has 1 aromatic carbocycles. The zero-order chi connectivity index (χ0) is 19.0. The largest absolute Gasteiger partial charge is 0.491 e. The lowest BCUT2D eigenvalue weighted by atomic mass is 10.3. The Morgan fingerprint density at radius 2 is 0.893 bits per heavy atom. The molecule has 4 aliphatic heterocycles. The standard InChI is InChI=1S/C12H14O4.C8H14O4/c1-2-10(14-6-12-8-16-12)4-3-9(1)13-5-11-7-15-11;1(9-3-7-5-11-7)2-10-4-8-6-12-8/h1-4,11-12H,5-8H2;7-8H,1-6H2. The maximum atomic E-state index is 5.52. The molecule has 4 atom stereocenters. The van der Waals surface area contributed by atoms with Gasteiger partial charge in [0.05, 0.1) is 52.9 Å². The molecular formula is C20H28O8. The van der Waals surface area contributed by atoms with E-state index in [0.29, 0.717) is 64.1 Å². The van der Waals surface area contributed by atoms with Gasteiger partial charge < -0.3 is 37.9 Å².